The minimum absolute atomic E-state index is 0.151. The van der Waals surface area contributed by atoms with E-state index < -0.39 is 0 Å². The van der Waals surface area contributed by atoms with Gasteiger partial charge in [-0.1, -0.05) is 46.3 Å². The summed E-state index contributed by atoms with van der Waals surface area (Å²) in [4.78, 5) is 17.6. The zero-order valence-electron chi connectivity index (χ0n) is 15.3. The highest BCUT2D eigenvalue weighted by Crippen LogP contribution is 2.49. The number of benzene rings is 2. The van der Waals surface area contributed by atoms with Gasteiger partial charge in [-0.25, -0.2) is 4.39 Å². The molecule has 2 aromatic rings. The Morgan fingerprint density at radius 3 is 2.44 bits per heavy atom. The monoisotopic (exact) mass is 430 g/mol. The van der Waals surface area contributed by atoms with Crippen molar-refractivity contribution in [1.29, 1.82) is 0 Å². The lowest BCUT2D eigenvalue weighted by Crippen LogP contribution is -2.41. The van der Waals surface area contributed by atoms with Gasteiger partial charge in [-0.05, 0) is 43.0 Å². The van der Waals surface area contributed by atoms with Gasteiger partial charge in [0.25, 0.3) is 0 Å². The lowest BCUT2D eigenvalue weighted by molar-refractivity contribution is -0.133. The molecule has 4 rings (SSSR count). The number of carbonyl (C=O) groups excluding carboxylic acids is 1. The number of hydrogen-bond donors (Lipinski definition) is 0. The summed E-state index contributed by atoms with van der Waals surface area (Å²) in [7, 11) is 0. The van der Waals surface area contributed by atoms with E-state index in [0.717, 1.165) is 54.5 Å². The quantitative estimate of drug-likeness (QED) is 0.719. The maximum atomic E-state index is 13.9. The smallest absolute Gasteiger partial charge is 0.233 e. The van der Waals surface area contributed by atoms with Crippen molar-refractivity contribution in [3.8, 4) is 0 Å². The predicted molar refractivity (Wildman–Crippen MR) is 108 cm³/mol. The van der Waals surface area contributed by atoms with Gasteiger partial charge in [0.2, 0.25) is 5.91 Å². The molecule has 5 heteroatoms. The Kier molecular flexibility index (Phi) is 5.33. The van der Waals surface area contributed by atoms with Crippen molar-refractivity contribution < 1.29 is 9.18 Å². The summed E-state index contributed by atoms with van der Waals surface area (Å²) in [6, 6.07) is 15.1. The van der Waals surface area contributed by atoms with Crippen molar-refractivity contribution in [2.24, 2.45) is 0 Å². The molecular weight excluding hydrogens is 407 g/mol. The largest absolute Gasteiger partial charge is 0.341 e. The van der Waals surface area contributed by atoms with Crippen LogP contribution in [-0.4, -0.2) is 41.9 Å². The van der Waals surface area contributed by atoms with Crippen LogP contribution in [0.4, 0.5) is 4.39 Å². The molecule has 142 valence electrons. The van der Waals surface area contributed by atoms with Crippen LogP contribution in [0, 0.1) is 5.82 Å². The van der Waals surface area contributed by atoms with Crippen molar-refractivity contribution in [3.63, 3.8) is 0 Å². The molecule has 1 amide bonds. The summed E-state index contributed by atoms with van der Waals surface area (Å²) in [5.74, 6) is 0.111. The van der Waals surface area contributed by atoms with E-state index in [-0.39, 0.29) is 17.1 Å². The topological polar surface area (TPSA) is 23.6 Å². The highest BCUT2D eigenvalue weighted by molar-refractivity contribution is 9.10. The van der Waals surface area contributed by atoms with Gasteiger partial charge in [-0.3, -0.25) is 9.69 Å². The zero-order chi connectivity index (χ0) is 18.9. The molecule has 0 atom stereocenters. The molecule has 2 aromatic carbocycles. The zero-order valence-corrected chi connectivity index (χ0v) is 16.9. The van der Waals surface area contributed by atoms with Crippen LogP contribution in [0.3, 0.4) is 0 Å². The van der Waals surface area contributed by atoms with Crippen LogP contribution in [0.5, 0.6) is 0 Å². The second-order valence-corrected chi connectivity index (χ2v) is 8.52. The van der Waals surface area contributed by atoms with E-state index >= 15 is 0 Å². The standard InChI is InChI=1S/C22H24BrFN2O/c23-19-8-6-18(7-9-19)22(10-11-22)21(27)26-13-3-12-25(14-15-26)16-17-4-1-2-5-20(17)24/h1-2,4-9H,3,10-16H2. The highest BCUT2D eigenvalue weighted by atomic mass is 79.9. The van der Waals surface area contributed by atoms with Gasteiger partial charge in [0, 0.05) is 42.8 Å². The summed E-state index contributed by atoms with van der Waals surface area (Å²) in [5, 5.41) is 0. The highest BCUT2D eigenvalue weighted by Gasteiger charge is 2.52. The van der Waals surface area contributed by atoms with Gasteiger partial charge in [-0.15, -0.1) is 0 Å². The lowest BCUT2D eigenvalue weighted by Gasteiger charge is -2.27. The summed E-state index contributed by atoms with van der Waals surface area (Å²) in [6.45, 7) is 3.78. The molecule has 2 fully saturated rings. The number of rotatable bonds is 4. The molecular formula is C22H24BrFN2O. The third kappa shape index (κ3) is 3.94. The number of hydrogen-bond acceptors (Lipinski definition) is 2. The number of carbonyl (C=O) groups is 1. The molecule has 0 unspecified atom stereocenters. The Bertz CT molecular complexity index is 819. The van der Waals surface area contributed by atoms with Gasteiger partial charge >= 0.3 is 0 Å². The minimum atomic E-state index is -0.318. The Labute approximate surface area is 168 Å². The van der Waals surface area contributed by atoms with Gasteiger partial charge in [0.1, 0.15) is 5.82 Å². The third-order valence-electron chi connectivity index (χ3n) is 5.78. The van der Waals surface area contributed by atoms with Crippen LogP contribution in [0.15, 0.2) is 53.0 Å². The van der Waals surface area contributed by atoms with Gasteiger partial charge in [0.15, 0.2) is 0 Å². The Balaban J connectivity index is 1.41. The van der Waals surface area contributed by atoms with Gasteiger partial charge in [0.05, 0.1) is 5.41 Å². The molecule has 1 heterocycles. The first-order chi connectivity index (χ1) is 13.1. The molecule has 0 spiro atoms. The van der Waals surface area contributed by atoms with Crippen LogP contribution in [0.2, 0.25) is 0 Å². The first-order valence-corrected chi connectivity index (χ1v) is 10.4. The van der Waals surface area contributed by atoms with Crippen molar-refractivity contribution in [2.45, 2.75) is 31.2 Å². The normalized spacial score (nSPS) is 19.6. The minimum Gasteiger partial charge on any atom is -0.341 e. The maximum absolute atomic E-state index is 13.9. The number of nitrogens with zero attached hydrogens (tertiary/aromatic N) is 2. The van der Waals surface area contributed by atoms with Gasteiger partial charge in [-0.2, -0.15) is 0 Å². The molecule has 27 heavy (non-hydrogen) atoms. The van der Waals surface area contributed by atoms with E-state index in [1.54, 1.807) is 6.07 Å². The summed E-state index contributed by atoms with van der Waals surface area (Å²) >= 11 is 3.47. The lowest BCUT2D eigenvalue weighted by atomic mass is 9.94. The molecule has 1 saturated heterocycles. The van der Waals surface area contributed by atoms with Crippen molar-refractivity contribution >= 4 is 21.8 Å². The second-order valence-electron chi connectivity index (χ2n) is 7.60. The van der Waals surface area contributed by atoms with Crippen LogP contribution in [-0.2, 0) is 16.8 Å². The number of amides is 1. The third-order valence-corrected chi connectivity index (χ3v) is 6.31. The fourth-order valence-electron chi connectivity index (χ4n) is 4.02. The van der Waals surface area contributed by atoms with E-state index in [1.807, 2.05) is 29.2 Å². The second kappa shape index (κ2) is 7.72. The molecule has 1 aliphatic carbocycles. The van der Waals surface area contributed by atoms with Crippen LogP contribution in [0.1, 0.15) is 30.4 Å². The average Bonchev–Trinajstić information content (AvgIpc) is 3.49. The van der Waals surface area contributed by atoms with Gasteiger partial charge < -0.3 is 4.90 Å². The molecule has 2 aliphatic rings. The summed E-state index contributed by atoms with van der Waals surface area (Å²) in [6.07, 6.45) is 2.79. The van der Waals surface area contributed by atoms with Crippen molar-refractivity contribution in [1.82, 2.24) is 9.80 Å². The molecule has 0 N–H and O–H groups in total. The van der Waals surface area contributed by atoms with E-state index in [0.29, 0.717) is 13.1 Å². The van der Waals surface area contributed by atoms with E-state index in [2.05, 4.69) is 33.0 Å². The van der Waals surface area contributed by atoms with E-state index in [4.69, 9.17) is 0 Å². The first-order valence-electron chi connectivity index (χ1n) is 9.60. The molecule has 0 aromatic heterocycles. The fraction of sp³-hybridized carbons (Fsp3) is 0.409. The molecule has 1 saturated carbocycles. The maximum Gasteiger partial charge on any atom is 0.233 e. The van der Waals surface area contributed by atoms with Crippen LogP contribution in [0.25, 0.3) is 0 Å². The molecule has 0 bridgehead atoms. The van der Waals surface area contributed by atoms with E-state index in [1.165, 1.54) is 6.07 Å². The van der Waals surface area contributed by atoms with E-state index in [9.17, 15) is 9.18 Å². The Morgan fingerprint density at radius 1 is 1.00 bits per heavy atom. The van der Waals surface area contributed by atoms with Crippen LogP contribution >= 0.6 is 15.9 Å². The van der Waals surface area contributed by atoms with Crippen molar-refractivity contribution in [3.05, 3.63) is 69.9 Å². The fourth-order valence-corrected chi connectivity index (χ4v) is 4.29. The molecule has 0 radical (unpaired) electrons. The average molecular weight is 431 g/mol. The summed E-state index contributed by atoms with van der Waals surface area (Å²) < 4.78 is 15.0. The molecule has 1 aliphatic heterocycles. The van der Waals surface area contributed by atoms with Crippen molar-refractivity contribution in [2.75, 3.05) is 26.2 Å². The predicted octanol–water partition coefficient (Wildman–Crippen LogP) is 4.35. The first kappa shape index (κ1) is 18.6. The van der Waals surface area contributed by atoms with Crippen LogP contribution < -0.4 is 0 Å². The Morgan fingerprint density at radius 2 is 1.74 bits per heavy atom. The summed E-state index contributed by atoms with van der Waals surface area (Å²) in [5.41, 5.74) is 1.54. The molecule has 3 nitrogen and oxygen atoms in total. The Hall–Kier alpha value is -1.72. The number of halogens is 2. The SMILES string of the molecule is O=C(N1CCCN(Cc2ccccc2F)CC1)C1(c2ccc(Br)cc2)CC1.